The molecule has 21 heavy (non-hydrogen) atoms. The number of hydrogen-bond acceptors (Lipinski definition) is 5. The monoisotopic (exact) mass is 414 g/mol. The lowest BCUT2D eigenvalue weighted by Gasteiger charge is -2.00. The van der Waals surface area contributed by atoms with Gasteiger partial charge in [0.05, 0.1) is 5.75 Å². The Balaban J connectivity index is 1.97. The Morgan fingerprint density at radius 2 is 1.86 bits per heavy atom. The molecule has 2 aromatic carbocycles. The Hall–Kier alpha value is -1.61. The standard InChI is InChI=1S/C14H11IN2O3S/c15-10-3-1-9(2-4-10)8-21(18,19)14-17-12-7-11(16)5-6-13(12)20-14/h1-7H,8,16H2. The maximum atomic E-state index is 12.4. The Kier molecular flexibility index (Phi) is 3.62. The summed E-state index contributed by atoms with van der Waals surface area (Å²) in [5, 5.41) is -0.276. The van der Waals surface area contributed by atoms with Crippen LogP contribution in [-0.4, -0.2) is 13.4 Å². The van der Waals surface area contributed by atoms with Crippen molar-refractivity contribution >= 4 is 49.2 Å². The number of rotatable bonds is 3. The minimum Gasteiger partial charge on any atom is -0.428 e. The second-order valence-electron chi connectivity index (χ2n) is 4.59. The fourth-order valence-electron chi connectivity index (χ4n) is 1.92. The number of nitrogens with two attached hydrogens (primary N) is 1. The third-order valence-corrected chi connectivity index (χ3v) is 5.07. The summed E-state index contributed by atoms with van der Waals surface area (Å²) in [6.07, 6.45) is 0. The minimum atomic E-state index is -3.62. The smallest absolute Gasteiger partial charge is 0.316 e. The predicted octanol–water partition coefficient (Wildman–Crippen LogP) is 2.99. The van der Waals surface area contributed by atoms with Gasteiger partial charge in [-0.3, -0.25) is 0 Å². The molecular weight excluding hydrogens is 403 g/mol. The summed E-state index contributed by atoms with van der Waals surface area (Å²) in [6, 6.07) is 12.1. The molecule has 0 aliphatic rings. The number of sulfone groups is 1. The van der Waals surface area contributed by atoms with Crippen LogP contribution >= 0.6 is 22.6 Å². The summed E-state index contributed by atoms with van der Waals surface area (Å²) >= 11 is 2.17. The second kappa shape index (κ2) is 5.30. The Morgan fingerprint density at radius 1 is 1.14 bits per heavy atom. The van der Waals surface area contributed by atoms with E-state index < -0.39 is 9.84 Å². The van der Waals surface area contributed by atoms with E-state index in [1.165, 1.54) is 0 Å². The highest BCUT2D eigenvalue weighted by molar-refractivity contribution is 14.1. The number of nitrogen functional groups attached to an aromatic ring is 1. The summed E-state index contributed by atoms with van der Waals surface area (Å²) in [6.45, 7) is 0. The fourth-order valence-corrected chi connectivity index (χ4v) is 3.49. The van der Waals surface area contributed by atoms with Crippen molar-refractivity contribution < 1.29 is 12.8 Å². The maximum absolute atomic E-state index is 12.4. The van der Waals surface area contributed by atoms with Gasteiger partial charge < -0.3 is 10.2 Å². The first-order valence-electron chi connectivity index (χ1n) is 6.07. The lowest BCUT2D eigenvalue weighted by molar-refractivity contribution is 0.458. The first-order chi connectivity index (χ1) is 9.94. The van der Waals surface area contributed by atoms with Crippen LogP contribution in [0.25, 0.3) is 11.1 Å². The first-order valence-corrected chi connectivity index (χ1v) is 8.80. The number of halogens is 1. The van der Waals surface area contributed by atoms with Crippen LogP contribution in [0.5, 0.6) is 0 Å². The largest absolute Gasteiger partial charge is 0.428 e. The molecule has 0 aliphatic carbocycles. The third kappa shape index (κ3) is 3.03. The van der Waals surface area contributed by atoms with Gasteiger partial charge in [-0.15, -0.1) is 0 Å². The third-order valence-electron chi connectivity index (χ3n) is 2.93. The molecule has 1 aromatic heterocycles. The zero-order valence-electron chi connectivity index (χ0n) is 10.8. The number of hydrogen-bond donors (Lipinski definition) is 1. The number of aromatic nitrogens is 1. The molecule has 3 rings (SSSR count). The summed E-state index contributed by atoms with van der Waals surface area (Å²) in [7, 11) is -3.62. The molecule has 3 aromatic rings. The molecule has 5 nitrogen and oxygen atoms in total. The van der Waals surface area contributed by atoms with Crippen LogP contribution in [0.2, 0.25) is 0 Å². The van der Waals surface area contributed by atoms with Crippen molar-refractivity contribution in [2.75, 3.05) is 5.73 Å². The second-order valence-corrected chi connectivity index (χ2v) is 7.71. The number of fused-ring (bicyclic) bond motifs is 1. The topological polar surface area (TPSA) is 86.2 Å². The van der Waals surface area contributed by atoms with Gasteiger partial charge in [-0.2, -0.15) is 4.98 Å². The van der Waals surface area contributed by atoms with E-state index in [2.05, 4.69) is 27.6 Å². The molecule has 1 heterocycles. The van der Waals surface area contributed by atoms with E-state index in [-0.39, 0.29) is 11.0 Å². The normalized spacial score (nSPS) is 11.9. The van der Waals surface area contributed by atoms with Crippen molar-refractivity contribution in [2.45, 2.75) is 11.0 Å². The summed E-state index contributed by atoms with van der Waals surface area (Å²) in [5.41, 5.74) is 7.70. The molecule has 0 saturated carbocycles. The predicted molar refractivity (Wildman–Crippen MR) is 88.5 cm³/mol. The van der Waals surface area contributed by atoms with E-state index in [1.807, 2.05) is 12.1 Å². The van der Waals surface area contributed by atoms with Crippen LogP contribution in [0.4, 0.5) is 5.69 Å². The molecule has 0 atom stereocenters. The zero-order chi connectivity index (χ0) is 15.0. The van der Waals surface area contributed by atoms with E-state index in [0.717, 1.165) is 3.57 Å². The van der Waals surface area contributed by atoms with Crippen LogP contribution < -0.4 is 5.73 Å². The van der Waals surface area contributed by atoms with E-state index in [1.54, 1.807) is 30.3 Å². The molecule has 0 spiro atoms. The lowest BCUT2D eigenvalue weighted by Crippen LogP contribution is -2.05. The highest BCUT2D eigenvalue weighted by atomic mass is 127. The van der Waals surface area contributed by atoms with Gasteiger partial charge in [-0.05, 0) is 58.5 Å². The molecule has 2 N–H and O–H groups in total. The highest BCUT2D eigenvalue weighted by Crippen LogP contribution is 2.23. The Labute approximate surface area is 135 Å². The quantitative estimate of drug-likeness (QED) is 0.526. The number of anilines is 1. The molecule has 0 radical (unpaired) electrons. The van der Waals surface area contributed by atoms with Crippen molar-refractivity contribution in [1.29, 1.82) is 0 Å². The van der Waals surface area contributed by atoms with Gasteiger partial charge in [-0.25, -0.2) is 8.42 Å². The summed E-state index contributed by atoms with van der Waals surface area (Å²) in [5.74, 6) is -0.147. The number of benzene rings is 2. The minimum absolute atomic E-state index is 0.147. The van der Waals surface area contributed by atoms with Crippen LogP contribution in [0.1, 0.15) is 5.56 Å². The SMILES string of the molecule is Nc1ccc2oc(S(=O)(=O)Cc3ccc(I)cc3)nc2c1. The van der Waals surface area contributed by atoms with Gasteiger partial charge in [0.25, 0.3) is 0 Å². The molecule has 0 bridgehead atoms. The average molecular weight is 414 g/mol. The van der Waals surface area contributed by atoms with Crippen molar-refractivity contribution in [1.82, 2.24) is 4.98 Å². The average Bonchev–Trinajstić information content (AvgIpc) is 2.85. The number of nitrogens with zero attached hydrogens (tertiary/aromatic N) is 1. The highest BCUT2D eigenvalue weighted by Gasteiger charge is 2.22. The van der Waals surface area contributed by atoms with Gasteiger partial charge in [0.15, 0.2) is 5.58 Å². The van der Waals surface area contributed by atoms with Crippen LogP contribution in [0.15, 0.2) is 52.1 Å². The summed E-state index contributed by atoms with van der Waals surface area (Å²) < 4.78 is 31.1. The van der Waals surface area contributed by atoms with E-state index in [9.17, 15) is 8.42 Å². The van der Waals surface area contributed by atoms with Crippen LogP contribution in [-0.2, 0) is 15.6 Å². The fraction of sp³-hybridized carbons (Fsp3) is 0.0714. The van der Waals surface area contributed by atoms with Gasteiger partial charge in [0, 0.05) is 9.26 Å². The van der Waals surface area contributed by atoms with Gasteiger partial charge in [0.2, 0.25) is 9.84 Å². The van der Waals surface area contributed by atoms with Crippen molar-refractivity contribution in [3.8, 4) is 0 Å². The molecule has 108 valence electrons. The maximum Gasteiger partial charge on any atom is 0.316 e. The van der Waals surface area contributed by atoms with Gasteiger partial charge in [-0.1, -0.05) is 12.1 Å². The lowest BCUT2D eigenvalue weighted by atomic mass is 10.2. The van der Waals surface area contributed by atoms with Gasteiger partial charge >= 0.3 is 5.22 Å². The molecule has 0 aliphatic heterocycles. The molecule has 0 saturated heterocycles. The number of oxazole rings is 1. The van der Waals surface area contributed by atoms with E-state index in [4.69, 9.17) is 10.2 Å². The molecule has 7 heteroatoms. The summed E-state index contributed by atoms with van der Waals surface area (Å²) in [4.78, 5) is 4.02. The van der Waals surface area contributed by atoms with Crippen LogP contribution in [0, 0.1) is 3.57 Å². The van der Waals surface area contributed by atoms with E-state index in [0.29, 0.717) is 22.4 Å². The van der Waals surface area contributed by atoms with Crippen molar-refractivity contribution in [3.05, 3.63) is 51.6 Å². The van der Waals surface area contributed by atoms with E-state index >= 15 is 0 Å². The first kappa shape index (κ1) is 14.3. The zero-order valence-corrected chi connectivity index (χ0v) is 13.8. The van der Waals surface area contributed by atoms with Crippen LogP contribution in [0.3, 0.4) is 0 Å². The van der Waals surface area contributed by atoms with Crippen molar-refractivity contribution in [3.63, 3.8) is 0 Å². The van der Waals surface area contributed by atoms with Gasteiger partial charge in [0.1, 0.15) is 5.52 Å². The Bertz CT molecular complexity index is 902. The molecule has 0 amide bonds. The molecule has 0 unspecified atom stereocenters. The Morgan fingerprint density at radius 3 is 2.57 bits per heavy atom. The molecular formula is C14H11IN2O3S. The molecule has 0 fully saturated rings. The van der Waals surface area contributed by atoms with Crippen molar-refractivity contribution in [2.24, 2.45) is 0 Å².